The molecule has 0 radical (unpaired) electrons. The van der Waals surface area contributed by atoms with E-state index in [4.69, 9.17) is 9.78 Å². The SMILES string of the molecule is CCC(C)(CC#N)Cc1nc(Cc2ccc(Br)cc2)no1. The van der Waals surface area contributed by atoms with Crippen molar-refractivity contribution in [1.82, 2.24) is 10.1 Å². The second kappa shape index (κ2) is 6.86. The lowest BCUT2D eigenvalue weighted by Gasteiger charge is -2.22. The van der Waals surface area contributed by atoms with Gasteiger partial charge < -0.3 is 4.52 Å². The van der Waals surface area contributed by atoms with Crippen LogP contribution in [0, 0.1) is 16.7 Å². The second-order valence-electron chi connectivity index (χ2n) is 5.58. The number of hydrogen-bond donors (Lipinski definition) is 0. The third kappa shape index (κ3) is 4.40. The van der Waals surface area contributed by atoms with E-state index >= 15 is 0 Å². The number of aromatic nitrogens is 2. The Hall–Kier alpha value is -1.67. The Labute approximate surface area is 133 Å². The largest absolute Gasteiger partial charge is 0.339 e. The molecular weight excluding hydrogens is 330 g/mol. The van der Waals surface area contributed by atoms with Gasteiger partial charge in [-0.2, -0.15) is 10.2 Å². The summed E-state index contributed by atoms with van der Waals surface area (Å²) in [5, 5.41) is 12.9. The molecule has 4 nitrogen and oxygen atoms in total. The predicted molar refractivity (Wildman–Crippen MR) is 83.6 cm³/mol. The second-order valence-corrected chi connectivity index (χ2v) is 6.50. The summed E-state index contributed by atoms with van der Waals surface area (Å²) < 4.78 is 6.38. The Bertz CT molecular complexity index is 630. The molecule has 0 saturated carbocycles. The van der Waals surface area contributed by atoms with Crippen LogP contribution >= 0.6 is 15.9 Å². The molecule has 2 aromatic rings. The van der Waals surface area contributed by atoms with Crippen molar-refractivity contribution in [2.75, 3.05) is 0 Å². The van der Waals surface area contributed by atoms with E-state index in [0.29, 0.717) is 31.0 Å². The average Bonchev–Trinajstić information content (AvgIpc) is 2.88. The first-order chi connectivity index (χ1) is 10.0. The Morgan fingerprint density at radius 2 is 2.05 bits per heavy atom. The number of halogens is 1. The molecule has 1 unspecified atom stereocenters. The van der Waals surface area contributed by atoms with Gasteiger partial charge in [-0.3, -0.25) is 0 Å². The van der Waals surface area contributed by atoms with E-state index < -0.39 is 0 Å². The van der Waals surface area contributed by atoms with Crippen LogP contribution in [0.25, 0.3) is 0 Å². The zero-order chi connectivity index (χ0) is 15.3. The highest BCUT2D eigenvalue weighted by Crippen LogP contribution is 2.29. The molecule has 0 aliphatic heterocycles. The van der Waals surface area contributed by atoms with Crippen LogP contribution in [0.1, 0.15) is 44.0 Å². The minimum absolute atomic E-state index is 0.101. The lowest BCUT2D eigenvalue weighted by Crippen LogP contribution is -2.18. The summed E-state index contributed by atoms with van der Waals surface area (Å²) in [6.07, 6.45) is 2.70. The third-order valence-corrected chi connectivity index (χ3v) is 4.25. The molecule has 0 aliphatic rings. The van der Waals surface area contributed by atoms with E-state index in [1.165, 1.54) is 0 Å². The minimum atomic E-state index is -0.101. The molecule has 0 amide bonds. The molecule has 1 aromatic carbocycles. The molecule has 21 heavy (non-hydrogen) atoms. The highest BCUT2D eigenvalue weighted by atomic mass is 79.9. The maximum atomic E-state index is 8.91. The Kier molecular flexibility index (Phi) is 5.13. The molecule has 0 spiro atoms. The monoisotopic (exact) mass is 347 g/mol. The Morgan fingerprint density at radius 3 is 2.67 bits per heavy atom. The molecule has 0 aliphatic carbocycles. The van der Waals surface area contributed by atoms with E-state index in [9.17, 15) is 0 Å². The van der Waals surface area contributed by atoms with Crippen molar-refractivity contribution in [2.45, 2.75) is 39.5 Å². The van der Waals surface area contributed by atoms with Gasteiger partial charge in [0.2, 0.25) is 5.89 Å². The van der Waals surface area contributed by atoms with Gasteiger partial charge in [-0.15, -0.1) is 0 Å². The molecular formula is C16H18BrN3O. The van der Waals surface area contributed by atoms with Gasteiger partial charge in [0.05, 0.1) is 6.07 Å². The zero-order valence-electron chi connectivity index (χ0n) is 12.3. The fourth-order valence-corrected chi connectivity index (χ4v) is 2.35. The van der Waals surface area contributed by atoms with Crippen molar-refractivity contribution in [3.05, 3.63) is 46.0 Å². The van der Waals surface area contributed by atoms with Gasteiger partial charge >= 0.3 is 0 Å². The van der Waals surface area contributed by atoms with Crippen molar-refractivity contribution < 1.29 is 4.52 Å². The maximum Gasteiger partial charge on any atom is 0.227 e. The highest BCUT2D eigenvalue weighted by molar-refractivity contribution is 9.10. The van der Waals surface area contributed by atoms with Crippen LogP contribution in [0.5, 0.6) is 0 Å². The summed E-state index contributed by atoms with van der Waals surface area (Å²) in [5.41, 5.74) is 1.04. The number of benzene rings is 1. The third-order valence-electron chi connectivity index (χ3n) is 3.72. The van der Waals surface area contributed by atoms with Crippen molar-refractivity contribution >= 4 is 15.9 Å². The normalized spacial score (nSPS) is 13.6. The number of hydrogen-bond acceptors (Lipinski definition) is 4. The number of rotatable bonds is 6. The molecule has 0 N–H and O–H groups in total. The standard InChI is InChI=1S/C16H18BrN3O/c1-3-16(2,8-9-18)11-15-19-14(20-21-15)10-12-4-6-13(17)7-5-12/h4-7H,3,8,10-11H2,1-2H3. The molecule has 1 atom stereocenters. The van der Waals surface area contributed by atoms with E-state index in [2.05, 4.69) is 46.0 Å². The summed E-state index contributed by atoms with van der Waals surface area (Å²) in [7, 11) is 0. The summed E-state index contributed by atoms with van der Waals surface area (Å²) in [4.78, 5) is 4.44. The summed E-state index contributed by atoms with van der Waals surface area (Å²) in [6.45, 7) is 4.16. The number of nitriles is 1. The van der Waals surface area contributed by atoms with Crippen LogP contribution in [0.3, 0.4) is 0 Å². The average molecular weight is 348 g/mol. The Morgan fingerprint density at radius 1 is 1.33 bits per heavy atom. The Balaban J connectivity index is 2.04. The lowest BCUT2D eigenvalue weighted by atomic mass is 9.81. The van der Waals surface area contributed by atoms with Crippen molar-refractivity contribution in [1.29, 1.82) is 5.26 Å². The van der Waals surface area contributed by atoms with Crippen molar-refractivity contribution in [2.24, 2.45) is 5.41 Å². The first-order valence-corrected chi connectivity index (χ1v) is 7.77. The van der Waals surface area contributed by atoms with E-state index in [-0.39, 0.29) is 5.41 Å². The van der Waals surface area contributed by atoms with Crippen LogP contribution in [0.2, 0.25) is 0 Å². The van der Waals surface area contributed by atoms with Gasteiger partial charge in [-0.1, -0.05) is 47.1 Å². The lowest BCUT2D eigenvalue weighted by molar-refractivity contribution is 0.265. The molecule has 2 rings (SSSR count). The van der Waals surface area contributed by atoms with Crippen molar-refractivity contribution in [3.8, 4) is 6.07 Å². The summed E-state index contributed by atoms with van der Waals surface area (Å²) in [6, 6.07) is 10.3. The van der Waals surface area contributed by atoms with Gasteiger partial charge in [0.1, 0.15) is 0 Å². The maximum absolute atomic E-state index is 8.91. The molecule has 0 fully saturated rings. The molecule has 5 heteroatoms. The van der Waals surface area contributed by atoms with Gasteiger partial charge in [-0.05, 0) is 29.5 Å². The first-order valence-electron chi connectivity index (χ1n) is 6.97. The van der Waals surface area contributed by atoms with E-state index in [1.54, 1.807) is 0 Å². The summed E-state index contributed by atoms with van der Waals surface area (Å²) >= 11 is 3.41. The van der Waals surface area contributed by atoms with Gasteiger partial charge in [0.15, 0.2) is 5.82 Å². The van der Waals surface area contributed by atoms with Gasteiger partial charge in [0, 0.05) is 23.7 Å². The smallest absolute Gasteiger partial charge is 0.227 e. The van der Waals surface area contributed by atoms with E-state index in [0.717, 1.165) is 16.5 Å². The fourth-order valence-electron chi connectivity index (χ4n) is 2.09. The summed E-state index contributed by atoms with van der Waals surface area (Å²) in [5.74, 6) is 1.30. The van der Waals surface area contributed by atoms with Crippen LogP contribution < -0.4 is 0 Å². The molecule has 110 valence electrons. The quantitative estimate of drug-likeness (QED) is 0.781. The highest BCUT2D eigenvalue weighted by Gasteiger charge is 2.25. The minimum Gasteiger partial charge on any atom is -0.339 e. The fraction of sp³-hybridized carbons (Fsp3) is 0.438. The topological polar surface area (TPSA) is 62.7 Å². The number of nitrogens with zero attached hydrogens (tertiary/aromatic N) is 3. The molecule has 1 aromatic heterocycles. The zero-order valence-corrected chi connectivity index (χ0v) is 13.9. The van der Waals surface area contributed by atoms with Gasteiger partial charge in [-0.25, -0.2) is 0 Å². The van der Waals surface area contributed by atoms with Crippen LogP contribution in [-0.2, 0) is 12.8 Å². The first kappa shape index (κ1) is 15.7. The van der Waals surface area contributed by atoms with Gasteiger partial charge in [0.25, 0.3) is 0 Å². The molecule has 0 bridgehead atoms. The van der Waals surface area contributed by atoms with E-state index in [1.807, 2.05) is 24.3 Å². The van der Waals surface area contributed by atoms with Crippen molar-refractivity contribution in [3.63, 3.8) is 0 Å². The molecule has 1 heterocycles. The molecule has 0 saturated heterocycles. The predicted octanol–water partition coefficient (Wildman–Crippen LogP) is 4.30. The van der Waals surface area contributed by atoms with Crippen LogP contribution in [-0.4, -0.2) is 10.1 Å². The van der Waals surface area contributed by atoms with Crippen LogP contribution in [0.4, 0.5) is 0 Å². The van der Waals surface area contributed by atoms with Crippen LogP contribution in [0.15, 0.2) is 33.3 Å².